The highest BCUT2D eigenvalue weighted by Crippen LogP contribution is 2.13. The Morgan fingerprint density at radius 3 is 2.88 bits per heavy atom. The first-order valence-electron chi connectivity index (χ1n) is 6.11. The van der Waals surface area contributed by atoms with E-state index in [2.05, 4.69) is 43.4 Å². The molecule has 0 fully saturated rings. The molecule has 1 atom stereocenters. The maximum atomic E-state index is 5.30. The van der Waals surface area contributed by atoms with E-state index in [0.29, 0.717) is 6.04 Å². The minimum Gasteiger partial charge on any atom is -0.382 e. The summed E-state index contributed by atoms with van der Waals surface area (Å²) in [6.07, 6.45) is 1.07. The molecular weight excluding hydrogens is 198 g/mol. The van der Waals surface area contributed by atoms with Gasteiger partial charge in [0.2, 0.25) is 0 Å². The van der Waals surface area contributed by atoms with E-state index in [4.69, 9.17) is 4.74 Å². The Kier molecular flexibility index (Phi) is 6.12. The van der Waals surface area contributed by atoms with E-state index in [1.807, 2.05) is 6.92 Å². The van der Waals surface area contributed by atoms with Crippen LogP contribution in [-0.4, -0.2) is 19.8 Å². The lowest BCUT2D eigenvalue weighted by Crippen LogP contribution is -2.21. The van der Waals surface area contributed by atoms with Gasteiger partial charge < -0.3 is 10.1 Å². The monoisotopic (exact) mass is 221 g/mol. The SMILES string of the molecule is CCOCCCN[C@H](C)c1cccc(C)c1. The van der Waals surface area contributed by atoms with E-state index in [9.17, 15) is 0 Å². The van der Waals surface area contributed by atoms with Gasteiger partial charge in [-0.05, 0) is 39.3 Å². The van der Waals surface area contributed by atoms with Gasteiger partial charge in [0, 0.05) is 19.3 Å². The molecule has 0 bridgehead atoms. The van der Waals surface area contributed by atoms with Crippen LogP contribution in [0.5, 0.6) is 0 Å². The van der Waals surface area contributed by atoms with Crippen molar-refractivity contribution in [1.82, 2.24) is 5.32 Å². The average molecular weight is 221 g/mol. The summed E-state index contributed by atoms with van der Waals surface area (Å²) < 4.78 is 5.30. The fraction of sp³-hybridized carbons (Fsp3) is 0.571. The second-order valence-electron chi connectivity index (χ2n) is 4.14. The van der Waals surface area contributed by atoms with Crippen LogP contribution >= 0.6 is 0 Å². The highest BCUT2D eigenvalue weighted by Gasteiger charge is 2.03. The Hall–Kier alpha value is -0.860. The lowest BCUT2D eigenvalue weighted by Gasteiger charge is -2.14. The number of hydrogen-bond donors (Lipinski definition) is 1. The molecule has 90 valence electrons. The number of aryl methyl sites for hydroxylation is 1. The standard InChI is InChI=1S/C14H23NO/c1-4-16-10-6-9-15-13(3)14-8-5-7-12(2)11-14/h5,7-8,11,13,15H,4,6,9-10H2,1-3H3/t13-/m1/s1. The van der Waals surface area contributed by atoms with Gasteiger partial charge in [0.15, 0.2) is 0 Å². The van der Waals surface area contributed by atoms with Crippen LogP contribution in [0.3, 0.4) is 0 Å². The van der Waals surface area contributed by atoms with Gasteiger partial charge in [-0.15, -0.1) is 0 Å². The molecule has 0 saturated heterocycles. The smallest absolute Gasteiger partial charge is 0.0477 e. The summed E-state index contributed by atoms with van der Waals surface area (Å²) in [5, 5.41) is 3.51. The van der Waals surface area contributed by atoms with Gasteiger partial charge in [0.05, 0.1) is 0 Å². The number of benzene rings is 1. The zero-order valence-corrected chi connectivity index (χ0v) is 10.6. The molecule has 0 spiro atoms. The molecule has 2 nitrogen and oxygen atoms in total. The number of nitrogens with one attached hydrogen (secondary N) is 1. The van der Waals surface area contributed by atoms with Gasteiger partial charge in [0.25, 0.3) is 0 Å². The van der Waals surface area contributed by atoms with Gasteiger partial charge in [-0.2, -0.15) is 0 Å². The third kappa shape index (κ3) is 4.77. The van der Waals surface area contributed by atoms with Crippen LogP contribution in [0.1, 0.15) is 37.4 Å². The van der Waals surface area contributed by atoms with E-state index in [-0.39, 0.29) is 0 Å². The van der Waals surface area contributed by atoms with Crippen LogP contribution in [0.15, 0.2) is 24.3 Å². The van der Waals surface area contributed by atoms with E-state index in [1.54, 1.807) is 0 Å². The first-order valence-corrected chi connectivity index (χ1v) is 6.11. The van der Waals surface area contributed by atoms with Gasteiger partial charge in [-0.25, -0.2) is 0 Å². The number of hydrogen-bond acceptors (Lipinski definition) is 2. The zero-order valence-electron chi connectivity index (χ0n) is 10.6. The predicted molar refractivity (Wildman–Crippen MR) is 68.7 cm³/mol. The third-order valence-corrected chi connectivity index (χ3v) is 2.66. The third-order valence-electron chi connectivity index (χ3n) is 2.66. The fourth-order valence-electron chi connectivity index (χ4n) is 1.69. The fourth-order valence-corrected chi connectivity index (χ4v) is 1.69. The number of ether oxygens (including phenoxy) is 1. The summed E-state index contributed by atoms with van der Waals surface area (Å²) in [5.41, 5.74) is 2.68. The Balaban J connectivity index is 2.27. The molecule has 0 aromatic heterocycles. The maximum absolute atomic E-state index is 5.30. The van der Waals surface area contributed by atoms with E-state index < -0.39 is 0 Å². The lowest BCUT2D eigenvalue weighted by atomic mass is 10.1. The highest BCUT2D eigenvalue weighted by atomic mass is 16.5. The molecular formula is C14H23NO. The summed E-state index contributed by atoms with van der Waals surface area (Å²) in [4.78, 5) is 0. The predicted octanol–water partition coefficient (Wildman–Crippen LogP) is 3.07. The summed E-state index contributed by atoms with van der Waals surface area (Å²) in [5.74, 6) is 0. The summed E-state index contributed by atoms with van der Waals surface area (Å²) >= 11 is 0. The van der Waals surface area contributed by atoms with Crippen molar-refractivity contribution in [2.24, 2.45) is 0 Å². The molecule has 0 radical (unpaired) electrons. The molecule has 16 heavy (non-hydrogen) atoms. The number of rotatable bonds is 7. The molecule has 1 rings (SSSR count). The molecule has 0 saturated carbocycles. The summed E-state index contributed by atoms with van der Waals surface area (Å²) in [7, 11) is 0. The molecule has 1 N–H and O–H groups in total. The molecule has 1 aromatic rings. The van der Waals surface area contributed by atoms with Crippen molar-refractivity contribution in [3.8, 4) is 0 Å². The quantitative estimate of drug-likeness (QED) is 0.714. The second kappa shape index (κ2) is 7.42. The van der Waals surface area contributed by atoms with Crippen molar-refractivity contribution in [2.45, 2.75) is 33.2 Å². The van der Waals surface area contributed by atoms with Crippen LogP contribution < -0.4 is 5.32 Å². The Morgan fingerprint density at radius 1 is 1.38 bits per heavy atom. The van der Waals surface area contributed by atoms with Crippen LogP contribution in [0, 0.1) is 6.92 Å². The van der Waals surface area contributed by atoms with Gasteiger partial charge in [0.1, 0.15) is 0 Å². The Morgan fingerprint density at radius 2 is 2.19 bits per heavy atom. The van der Waals surface area contributed by atoms with Crippen molar-refractivity contribution < 1.29 is 4.74 Å². The second-order valence-corrected chi connectivity index (χ2v) is 4.14. The van der Waals surface area contributed by atoms with Gasteiger partial charge in [-0.3, -0.25) is 0 Å². The van der Waals surface area contributed by atoms with Crippen molar-refractivity contribution >= 4 is 0 Å². The van der Waals surface area contributed by atoms with E-state index >= 15 is 0 Å². The minimum absolute atomic E-state index is 0.418. The molecule has 0 heterocycles. The Labute approximate surface area is 99.0 Å². The van der Waals surface area contributed by atoms with E-state index in [0.717, 1.165) is 26.2 Å². The van der Waals surface area contributed by atoms with Crippen molar-refractivity contribution in [1.29, 1.82) is 0 Å². The lowest BCUT2D eigenvalue weighted by molar-refractivity contribution is 0.144. The summed E-state index contributed by atoms with van der Waals surface area (Å²) in [6, 6.07) is 9.07. The molecule has 0 amide bonds. The zero-order chi connectivity index (χ0) is 11.8. The molecule has 2 heteroatoms. The summed E-state index contributed by atoms with van der Waals surface area (Å²) in [6.45, 7) is 9.04. The van der Waals surface area contributed by atoms with Crippen LogP contribution in [0.4, 0.5) is 0 Å². The topological polar surface area (TPSA) is 21.3 Å². The highest BCUT2D eigenvalue weighted by molar-refractivity contribution is 5.24. The minimum atomic E-state index is 0.418. The van der Waals surface area contributed by atoms with Gasteiger partial charge >= 0.3 is 0 Å². The van der Waals surface area contributed by atoms with Crippen LogP contribution in [0.25, 0.3) is 0 Å². The molecule has 0 unspecified atom stereocenters. The maximum Gasteiger partial charge on any atom is 0.0477 e. The average Bonchev–Trinajstić information content (AvgIpc) is 2.28. The van der Waals surface area contributed by atoms with E-state index in [1.165, 1.54) is 11.1 Å². The van der Waals surface area contributed by atoms with Crippen molar-refractivity contribution in [3.63, 3.8) is 0 Å². The van der Waals surface area contributed by atoms with Crippen LogP contribution in [0.2, 0.25) is 0 Å². The normalized spacial score (nSPS) is 12.7. The van der Waals surface area contributed by atoms with Crippen LogP contribution in [-0.2, 0) is 4.74 Å². The van der Waals surface area contributed by atoms with Crippen molar-refractivity contribution in [2.75, 3.05) is 19.8 Å². The van der Waals surface area contributed by atoms with Gasteiger partial charge in [-0.1, -0.05) is 29.8 Å². The molecule has 0 aliphatic rings. The first kappa shape index (κ1) is 13.2. The molecule has 0 aliphatic carbocycles. The first-order chi connectivity index (χ1) is 7.74. The Bertz CT molecular complexity index is 299. The largest absolute Gasteiger partial charge is 0.382 e. The molecule has 0 aliphatic heterocycles. The van der Waals surface area contributed by atoms with Crippen molar-refractivity contribution in [3.05, 3.63) is 35.4 Å². The molecule has 1 aromatic carbocycles.